The third-order valence-electron chi connectivity index (χ3n) is 3.07. The molecular formula is C15H14F4N2. The second-order valence-electron chi connectivity index (χ2n) is 4.76. The molecule has 2 N–H and O–H groups in total. The van der Waals surface area contributed by atoms with Crippen LogP contribution in [0.15, 0.2) is 42.5 Å². The Hall–Kier alpha value is -2.24. The molecule has 0 spiro atoms. The monoisotopic (exact) mass is 298 g/mol. The molecule has 0 fully saturated rings. The summed E-state index contributed by atoms with van der Waals surface area (Å²) in [7, 11) is 1.55. The van der Waals surface area contributed by atoms with Gasteiger partial charge in [-0.15, -0.1) is 0 Å². The average Bonchev–Trinajstić information content (AvgIpc) is 2.40. The third-order valence-corrected chi connectivity index (χ3v) is 3.07. The minimum Gasteiger partial charge on any atom is -0.399 e. The van der Waals surface area contributed by atoms with Gasteiger partial charge in [0, 0.05) is 25.0 Å². The summed E-state index contributed by atoms with van der Waals surface area (Å²) >= 11 is 0. The van der Waals surface area contributed by atoms with Crippen LogP contribution in [0.4, 0.5) is 28.9 Å². The predicted molar refractivity (Wildman–Crippen MR) is 74.4 cm³/mol. The van der Waals surface area contributed by atoms with Gasteiger partial charge in [0.15, 0.2) is 0 Å². The lowest BCUT2D eigenvalue weighted by Crippen LogP contribution is -2.21. The van der Waals surface area contributed by atoms with E-state index < -0.39 is 11.7 Å². The van der Waals surface area contributed by atoms with Crippen LogP contribution in [0.3, 0.4) is 0 Å². The molecule has 0 aliphatic carbocycles. The second-order valence-corrected chi connectivity index (χ2v) is 4.76. The minimum atomic E-state index is -4.48. The van der Waals surface area contributed by atoms with Crippen LogP contribution in [0.2, 0.25) is 0 Å². The SMILES string of the molecule is CN(Cc1ccc(F)cc1)c1ccc(N)cc1C(F)(F)F. The van der Waals surface area contributed by atoms with E-state index in [1.54, 1.807) is 7.05 Å². The molecule has 2 nitrogen and oxygen atoms in total. The van der Waals surface area contributed by atoms with Gasteiger partial charge >= 0.3 is 6.18 Å². The molecule has 0 saturated heterocycles. The van der Waals surface area contributed by atoms with Crippen LogP contribution >= 0.6 is 0 Å². The fraction of sp³-hybridized carbons (Fsp3) is 0.200. The van der Waals surface area contributed by atoms with Crippen LogP contribution in [0.25, 0.3) is 0 Å². The van der Waals surface area contributed by atoms with Crippen molar-refractivity contribution in [3.8, 4) is 0 Å². The van der Waals surface area contributed by atoms with Crippen LogP contribution in [-0.2, 0) is 12.7 Å². The molecule has 0 aliphatic rings. The third kappa shape index (κ3) is 3.65. The molecule has 0 bridgehead atoms. The van der Waals surface area contributed by atoms with Crippen LogP contribution in [0.1, 0.15) is 11.1 Å². The van der Waals surface area contributed by atoms with E-state index in [4.69, 9.17) is 5.73 Å². The van der Waals surface area contributed by atoms with E-state index in [1.165, 1.54) is 41.3 Å². The summed E-state index contributed by atoms with van der Waals surface area (Å²) in [6.07, 6.45) is -4.48. The van der Waals surface area contributed by atoms with E-state index in [0.29, 0.717) is 5.56 Å². The molecule has 0 heterocycles. The van der Waals surface area contributed by atoms with E-state index in [9.17, 15) is 17.6 Å². The number of nitrogen functional groups attached to an aromatic ring is 1. The Bertz CT molecular complexity index is 621. The molecular weight excluding hydrogens is 284 g/mol. The van der Waals surface area contributed by atoms with Gasteiger partial charge < -0.3 is 10.6 Å². The smallest absolute Gasteiger partial charge is 0.399 e. The Kier molecular flexibility index (Phi) is 4.06. The fourth-order valence-corrected chi connectivity index (χ4v) is 2.06. The average molecular weight is 298 g/mol. The summed E-state index contributed by atoms with van der Waals surface area (Å²) in [5.41, 5.74) is 5.45. The number of alkyl halides is 3. The number of hydrogen-bond acceptors (Lipinski definition) is 2. The van der Waals surface area contributed by atoms with E-state index in [0.717, 1.165) is 6.07 Å². The maximum absolute atomic E-state index is 13.0. The zero-order chi connectivity index (χ0) is 15.6. The first-order chi connectivity index (χ1) is 9.77. The maximum Gasteiger partial charge on any atom is 0.418 e. The quantitative estimate of drug-likeness (QED) is 0.684. The molecule has 2 aromatic carbocycles. The van der Waals surface area contributed by atoms with Crippen LogP contribution in [0, 0.1) is 5.82 Å². The molecule has 2 aromatic rings. The van der Waals surface area contributed by atoms with Crippen molar-refractivity contribution in [1.82, 2.24) is 0 Å². The van der Waals surface area contributed by atoms with Gasteiger partial charge in [0.25, 0.3) is 0 Å². The molecule has 6 heteroatoms. The van der Waals surface area contributed by atoms with Gasteiger partial charge in [-0.05, 0) is 35.9 Å². The first kappa shape index (κ1) is 15.2. The molecule has 0 aliphatic heterocycles. The molecule has 0 atom stereocenters. The van der Waals surface area contributed by atoms with Crippen molar-refractivity contribution in [2.75, 3.05) is 17.7 Å². The highest BCUT2D eigenvalue weighted by molar-refractivity contribution is 5.60. The number of benzene rings is 2. The van der Waals surface area contributed by atoms with Crippen molar-refractivity contribution in [3.05, 3.63) is 59.4 Å². The van der Waals surface area contributed by atoms with Crippen molar-refractivity contribution in [1.29, 1.82) is 0 Å². The second kappa shape index (κ2) is 5.63. The molecule has 2 rings (SSSR count). The zero-order valence-corrected chi connectivity index (χ0v) is 11.3. The Balaban J connectivity index is 2.30. The van der Waals surface area contributed by atoms with Gasteiger partial charge in [-0.3, -0.25) is 0 Å². The summed E-state index contributed by atoms with van der Waals surface area (Å²) in [5.74, 6) is -0.384. The molecule has 21 heavy (non-hydrogen) atoms. The van der Waals surface area contributed by atoms with Gasteiger partial charge in [0.1, 0.15) is 5.82 Å². The van der Waals surface area contributed by atoms with E-state index >= 15 is 0 Å². The van der Waals surface area contributed by atoms with Crippen molar-refractivity contribution < 1.29 is 17.6 Å². The Morgan fingerprint density at radius 2 is 1.67 bits per heavy atom. The number of halogens is 4. The van der Waals surface area contributed by atoms with Crippen LogP contribution in [-0.4, -0.2) is 7.05 Å². The highest BCUT2D eigenvalue weighted by atomic mass is 19.4. The predicted octanol–water partition coefficient (Wildman–Crippen LogP) is 4.06. The van der Waals surface area contributed by atoms with Gasteiger partial charge in [-0.1, -0.05) is 12.1 Å². The molecule has 0 saturated carbocycles. The Morgan fingerprint density at radius 1 is 1.05 bits per heavy atom. The van der Waals surface area contributed by atoms with E-state index in [-0.39, 0.29) is 23.7 Å². The standard InChI is InChI=1S/C15H14F4N2/c1-21(9-10-2-4-11(16)5-3-10)14-7-6-12(20)8-13(14)15(17,18)19/h2-8H,9,20H2,1H3. The summed E-state index contributed by atoms with van der Waals surface area (Å²) in [6.45, 7) is 0.229. The zero-order valence-electron chi connectivity index (χ0n) is 11.3. The van der Waals surface area contributed by atoms with Gasteiger partial charge in [0.05, 0.1) is 5.56 Å². The van der Waals surface area contributed by atoms with E-state index in [2.05, 4.69) is 0 Å². The molecule has 0 radical (unpaired) electrons. The van der Waals surface area contributed by atoms with Crippen LogP contribution in [0.5, 0.6) is 0 Å². The largest absolute Gasteiger partial charge is 0.418 e. The topological polar surface area (TPSA) is 29.3 Å². The first-order valence-electron chi connectivity index (χ1n) is 6.19. The van der Waals surface area contributed by atoms with Gasteiger partial charge in [0.2, 0.25) is 0 Å². The molecule has 112 valence electrons. The molecule has 0 amide bonds. The van der Waals surface area contributed by atoms with Crippen molar-refractivity contribution in [3.63, 3.8) is 0 Å². The fourth-order valence-electron chi connectivity index (χ4n) is 2.06. The number of nitrogens with zero attached hydrogens (tertiary/aromatic N) is 1. The van der Waals surface area contributed by atoms with Crippen molar-refractivity contribution in [2.45, 2.75) is 12.7 Å². The lowest BCUT2D eigenvalue weighted by Gasteiger charge is -2.24. The summed E-state index contributed by atoms with van der Waals surface area (Å²) in [6, 6.07) is 9.30. The molecule has 0 unspecified atom stereocenters. The lowest BCUT2D eigenvalue weighted by molar-refractivity contribution is -0.137. The molecule has 0 aromatic heterocycles. The number of hydrogen-bond donors (Lipinski definition) is 1. The van der Waals surface area contributed by atoms with Crippen LogP contribution < -0.4 is 10.6 Å². The van der Waals surface area contributed by atoms with E-state index in [1.807, 2.05) is 0 Å². The highest BCUT2D eigenvalue weighted by Crippen LogP contribution is 2.37. The van der Waals surface area contributed by atoms with Gasteiger partial charge in [-0.25, -0.2) is 4.39 Å². The maximum atomic E-state index is 13.0. The summed E-state index contributed by atoms with van der Waals surface area (Å²) < 4.78 is 52.0. The number of rotatable bonds is 3. The summed E-state index contributed by atoms with van der Waals surface area (Å²) in [4.78, 5) is 1.45. The minimum absolute atomic E-state index is 0.0287. The highest BCUT2D eigenvalue weighted by Gasteiger charge is 2.34. The Labute approximate surface area is 119 Å². The number of anilines is 2. The normalized spacial score (nSPS) is 11.5. The lowest BCUT2D eigenvalue weighted by atomic mass is 10.1. The summed E-state index contributed by atoms with van der Waals surface area (Å²) in [5, 5.41) is 0. The first-order valence-corrected chi connectivity index (χ1v) is 6.19. The Morgan fingerprint density at radius 3 is 2.24 bits per heavy atom. The van der Waals surface area contributed by atoms with Gasteiger partial charge in [-0.2, -0.15) is 13.2 Å². The van der Waals surface area contributed by atoms with Crippen molar-refractivity contribution >= 4 is 11.4 Å². The number of nitrogens with two attached hydrogens (primary N) is 1. The van der Waals surface area contributed by atoms with Crippen molar-refractivity contribution in [2.24, 2.45) is 0 Å².